The van der Waals surface area contributed by atoms with Crippen molar-refractivity contribution < 1.29 is 139 Å². The highest BCUT2D eigenvalue weighted by Crippen LogP contribution is 2.35. The SMILES string of the molecule is CC1(C)[C@H](NC(=O)/C(=N\O[C@@H](COc2ccc(Nc3nccn3CCCN)nc2)C(=O)O)c2csc(N)n2)C(=O)N1OS(=O)(=O)O.CC1(C)[C@H](NC(=O)/C(=N\O[C@H](COc2ccc(Nc3nccn3CCCN)nc2)C(=O)O)c2csc(N)n2)C(=O)N1OS(=O)(=O)O.O=C([O-])C(F)(F)F.O=C([O-])C(F)(F)F. The van der Waals surface area contributed by atoms with Crippen molar-refractivity contribution >= 4 is 136 Å². The van der Waals surface area contributed by atoms with Crippen LogP contribution in [0.3, 0.4) is 0 Å². The van der Waals surface area contributed by atoms with Crippen LogP contribution in [0.5, 0.6) is 11.5 Å². The van der Waals surface area contributed by atoms with E-state index in [-0.39, 0.29) is 33.1 Å². The largest absolute Gasteiger partial charge is 0.542 e. The van der Waals surface area contributed by atoms with Crippen LogP contribution in [0.2, 0.25) is 0 Å². The molecule has 2 saturated heterocycles. The van der Waals surface area contributed by atoms with Crippen LogP contribution < -0.4 is 63.9 Å². The summed E-state index contributed by atoms with van der Waals surface area (Å²) in [5.41, 5.74) is 18.3. The molecule has 0 saturated carbocycles. The Bertz CT molecular complexity index is 4110. The van der Waals surface area contributed by atoms with Gasteiger partial charge in [0.25, 0.3) is 35.8 Å². The molecule has 6 aromatic rings. The van der Waals surface area contributed by atoms with E-state index in [2.05, 4.69) is 70.1 Å². The van der Waals surface area contributed by atoms with Crippen LogP contribution in [0.1, 0.15) is 51.9 Å². The van der Waals surface area contributed by atoms with Crippen LogP contribution in [0, 0.1) is 0 Å². The summed E-state index contributed by atoms with van der Waals surface area (Å²) in [5.74, 6) is -10.7. The van der Waals surface area contributed by atoms with E-state index >= 15 is 0 Å². The van der Waals surface area contributed by atoms with Gasteiger partial charge in [-0.2, -0.15) is 53.3 Å². The number of carboxylic acid groups (broad SMARTS) is 4. The van der Waals surface area contributed by atoms with Crippen molar-refractivity contribution in [2.45, 2.75) is 101 Å². The van der Waals surface area contributed by atoms with Crippen molar-refractivity contribution in [3.8, 4) is 11.5 Å². The Kier molecular flexibility index (Phi) is 29.3. The third kappa shape index (κ3) is 25.0. The number of pyridine rings is 2. The summed E-state index contributed by atoms with van der Waals surface area (Å²) in [7, 11) is -10.0. The summed E-state index contributed by atoms with van der Waals surface area (Å²) in [6, 6.07) is 3.58. The molecule has 2 aliphatic heterocycles. The average molecular weight is 1590 g/mol. The molecule has 2 fully saturated rings. The average Bonchev–Trinajstić information content (AvgIpc) is 0.803. The Balaban J connectivity index is 0.000000322. The Labute approximate surface area is 599 Å². The number of halogens is 6. The number of ether oxygens (including phenoxy) is 2. The van der Waals surface area contributed by atoms with Crippen LogP contribution in [-0.4, -0.2) is 218 Å². The number of carboxylic acids is 4. The van der Waals surface area contributed by atoms with E-state index in [4.69, 9.17) is 71.0 Å². The molecule has 4 amide bonds. The molecule has 2 aliphatic rings. The van der Waals surface area contributed by atoms with Gasteiger partial charge >= 0.3 is 45.1 Å². The molecule has 0 aromatic carbocycles. The molecule has 0 spiro atoms. The van der Waals surface area contributed by atoms with Gasteiger partial charge in [-0.1, -0.05) is 10.3 Å². The van der Waals surface area contributed by atoms with E-state index < -0.39 is 141 Å². The summed E-state index contributed by atoms with van der Waals surface area (Å²) in [6.07, 6.45) is -2.74. The summed E-state index contributed by atoms with van der Waals surface area (Å²) >= 11 is 1.89. The van der Waals surface area contributed by atoms with Gasteiger partial charge in [0, 0.05) is 48.6 Å². The second-order valence-corrected chi connectivity index (χ2v) is 25.4. The van der Waals surface area contributed by atoms with E-state index in [9.17, 15) is 82.2 Å². The normalized spacial score (nSPS) is 16.1. The number of nitrogens with one attached hydrogen (secondary N) is 4. The minimum atomic E-state index is -5.19. The zero-order chi connectivity index (χ0) is 79.5. The van der Waals surface area contributed by atoms with E-state index in [1.54, 1.807) is 36.9 Å². The molecule has 8 heterocycles. The topological polar surface area (TPSA) is 658 Å². The fraction of sp³-hybridized carbons (Fsp3) is 0.385. The number of β-lactam (4-membered cyclic amide) rings is 2. The first-order valence-corrected chi connectivity index (χ1v) is 33.5. The Hall–Kier alpha value is -11.3. The third-order valence-electron chi connectivity index (χ3n) is 13.2. The highest BCUT2D eigenvalue weighted by atomic mass is 32.3. The number of amides is 4. The summed E-state index contributed by atoms with van der Waals surface area (Å²) in [6.45, 7) is 6.69. The maximum Gasteiger partial charge on any atom is 0.430 e. The number of carbonyl (C=O) groups is 8. The monoisotopic (exact) mass is 1590 g/mol. The van der Waals surface area contributed by atoms with Gasteiger partial charge in [-0.3, -0.25) is 28.3 Å². The molecule has 0 unspecified atom stereocenters. The molecule has 16 N–H and O–H groups in total. The lowest BCUT2D eigenvalue weighted by Gasteiger charge is -2.50. The Morgan fingerprint density at radius 3 is 1.22 bits per heavy atom. The first-order chi connectivity index (χ1) is 49.3. The zero-order valence-electron chi connectivity index (χ0n) is 54.4. The number of carbonyl (C=O) groups excluding carboxylic acids is 6. The number of alkyl halides is 6. The van der Waals surface area contributed by atoms with Crippen molar-refractivity contribution in [3.63, 3.8) is 0 Å². The van der Waals surface area contributed by atoms with Gasteiger partial charge in [-0.25, -0.2) is 39.5 Å². The molecule has 4 atom stereocenters. The van der Waals surface area contributed by atoms with E-state index in [0.717, 1.165) is 35.5 Å². The fourth-order valence-electron chi connectivity index (χ4n) is 7.97. The number of thiazole rings is 2. The van der Waals surface area contributed by atoms with Gasteiger partial charge in [0.05, 0.1) is 23.5 Å². The maximum absolute atomic E-state index is 13.2. The number of aryl methyl sites for hydroxylation is 2. The first-order valence-electron chi connectivity index (χ1n) is 29.0. The lowest BCUT2D eigenvalue weighted by atomic mass is 9.84. The molecular weight excluding hydrogens is 1530 g/mol. The standard InChI is InChI=1S/2C24H30N10O10S2.2C2HF3O2/c2*1-24(2)18(20(36)34(24)44-46(39,40)41)31-19(35)17(14-12-45-22(26)29-14)32-43-15(21(37)38)11-42-13-4-5-16(28-10-13)30-23-27-7-9-33(23)8-3-6-25;2*3-2(4,5)1(6)7/h2*4-5,7,9-10,12,15,18H,3,6,8,11,25H2,1-2H3,(H2,26,29)(H,31,35)(H,37,38)(H,27,28,30)(H,39,40,41);2*(H,6,7)/p-2/b2*32-17-;;/t15-,18+;15-,18-;;/m01../s1. The van der Waals surface area contributed by atoms with Crippen LogP contribution in [0.4, 0.5) is 60.1 Å². The lowest BCUT2D eigenvalue weighted by Crippen LogP contribution is -2.76. The number of oxime groups is 2. The Morgan fingerprint density at radius 2 is 0.962 bits per heavy atom. The zero-order valence-corrected chi connectivity index (χ0v) is 57.7. The van der Waals surface area contributed by atoms with Gasteiger partial charge in [-0.05, 0) is 77.9 Å². The van der Waals surface area contributed by atoms with Gasteiger partial charge in [-0.15, -0.1) is 31.2 Å². The second-order valence-electron chi connectivity index (χ2n) is 21.7. The van der Waals surface area contributed by atoms with Crippen LogP contribution in [0.25, 0.3) is 0 Å². The maximum atomic E-state index is 13.2. The first kappa shape index (κ1) is 85.4. The molecule has 6 aromatic heterocycles. The second kappa shape index (κ2) is 36.4. The predicted octanol–water partition coefficient (Wildman–Crippen LogP) is -2.40. The van der Waals surface area contributed by atoms with E-state index in [1.807, 2.05) is 9.13 Å². The number of nitrogens with two attached hydrogens (primary N) is 4. The molecule has 0 radical (unpaired) electrons. The molecule has 106 heavy (non-hydrogen) atoms. The minimum absolute atomic E-state index is 0.0476. The molecule has 0 aliphatic carbocycles. The molecule has 44 nitrogen and oxygen atoms in total. The number of rotatable bonds is 32. The molecule has 8 rings (SSSR count). The fourth-order valence-corrected chi connectivity index (χ4v) is 9.97. The number of aliphatic carboxylic acids is 4. The number of hydrogen-bond acceptors (Lipinski definition) is 36. The van der Waals surface area contributed by atoms with E-state index in [1.165, 1.54) is 63.0 Å². The van der Waals surface area contributed by atoms with Gasteiger partial charge < -0.3 is 103 Å². The lowest BCUT2D eigenvalue weighted by molar-refractivity contribution is -0.344. The minimum Gasteiger partial charge on any atom is -0.542 e. The number of imidazole rings is 2. The molecule has 0 bridgehead atoms. The van der Waals surface area contributed by atoms with Crippen molar-refractivity contribution in [2.24, 2.45) is 21.8 Å². The quantitative estimate of drug-likeness (QED) is 0.00689. The van der Waals surface area contributed by atoms with Crippen molar-refractivity contribution in [3.05, 3.63) is 83.6 Å². The summed E-state index contributed by atoms with van der Waals surface area (Å²) < 4.78 is 149. The molecule has 580 valence electrons. The van der Waals surface area contributed by atoms with Crippen LogP contribution >= 0.6 is 22.7 Å². The highest BCUT2D eigenvalue weighted by Gasteiger charge is 2.59. The van der Waals surface area contributed by atoms with Crippen molar-refractivity contribution in [1.29, 1.82) is 0 Å². The number of aromatic nitrogens is 8. The highest BCUT2D eigenvalue weighted by molar-refractivity contribution is 7.81. The summed E-state index contributed by atoms with van der Waals surface area (Å²) in [4.78, 5) is 128. The summed E-state index contributed by atoms with van der Waals surface area (Å²) in [5, 5.41) is 58.7. The Morgan fingerprint density at radius 1 is 0.623 bits per heavy atom. The molecular formula is C52H60F6N20O24S4-2. The van der Waals surface area contributed by atoms with Crippen LogP contribution in [0.15, 0.2) is 82.5 Å². The number of hydrogen-bond donors (Lipinski definition) is 12. The number of nitrogens with zero attached hydrogens (tertiary/aromatic N) is 12. The predicted molar refractivity (Wildman–Crippen MR) is 342 cm³/mol. The van der Waals surface area contributed by atoms with Crippen LogP contribution in [-0.2, 0) is 90.5 Å². The number of nitrogen functional groups attached to an aromatic ring is 2. The van der Waals surface area contributed by atoms with Crippen molar-refractivity contribution in [2.75, 3.05) is 48.4 Å². The number of hydroxylamine groups is 4. The third-order valence-corrected chi connectivity index (χ3v) is 15.2. The van der Waals surface area contributed by atoms with Gasteiger partial charge in [0.15, 0.2) is 21.7 Å². The van der Waals surface area contributed by atoms with Gasteiger partial charge in [0.2, 0.25) is 11.9 Å². The van der Waals surface area contributed by atoms with Gasteiger partial charge in [0.1, 0.15) is 71.8 Å². The van der Waals surface area contributed by atoms with E-state index in [0.29, 0.717) is 59.8 Å². The smallest absolute Gasteiger partial charge is 0.430 e. The number of anilines is 6. The molecule has 54 heteroatoms. The van der Waals surface area contributed by atoms with Crippen molar-refractivity contribution in [1.82, 2.24) is 59.8 Å².